The van der Waals surface area contributed by atoms with Gasteiger partial charge in [0.1, 0.15) is 5.75 Å². The molecule has 5 heteroatoms. The van der Waals surface area contributed by atoms with Crippen molar-refractivity contribution in [1.82, 2.24) is 4.98 Å². The Morgan fingerprint density at radius 3 is 2.29 bits per heavy atom. The van der Waals surface area contributed by atoms with Crippen LogP contribution in [0.15, 0.2) is 0 Å². The number of pyridine rings is 1. The first-order valence-electron chi connectivity index (χ1n) is 4.13. The van der Waals surface area contributed by atoms with Gasteiger partial charge in [0.25, 0.3) is 0 Å². The van der Waals surface area contributed by atoms with Crippen LogP contribution in [-0.2, 0) is 19.1 Å². The van der Waals surface area contributed by atoms with Gasteiger partial charge < -0.3 is 15.3 Å². The number of aliphatic hydroxyl groups is 2. The monoisotopic (exact) mass is 217 g/mol. The SMILES string of the molecule is Cc1nc(CO)c(CCl)c(CO)c1O. The third kappa shape index (κ3) is 1.82. The number of aromatic hydroxyl groups is 1. The van der Waals surface area contributed by atoms with Gasteiger partial charge >= 0.3 is 0 Å². The molecule has 0 aliphatic rings. The van der Waals surface area contributed by atoms with E-state index in [0.29, 0.717) is 22.5 Å². The predicted octanol–water partition coefficient (Wildman–Crippen LogP) is 0.819. The number of aliphatic hydroxyl groups excluding tert-OH is 2. The smallest absolute Gasteiger partial charge is 0.142 e. The van der Waals surface area contributed by atoms with Gasteiger partial charge in [-0.25, -0.2) is 0 Å². The normalized spacial score (nSPS) is 10.6. The second kappa shape index (κ2) is 4.59. The van der Waals surface area contributed by atoms with Crippen LogP contribution in [0.1, 0.15) is 22.5 Å². The highest BCUT2D eigenvalue weighted by atomic mass is 35.5. The standard InChI is InChI=1S/C9H12ClNO3/c1-5-9(14)7(3-12)6(2-10)8(4-13)11-5/h12-14H,2-4H2,1H3. The summed E-state index contributed by atoms with van der Waals surface area (Å²) in [7, 11) is 0. The van der Waals surface area contributed by atoms with Crippen molar-refractivity contribution in [3.05, 3.63) is 22.5 Å². The molecule has 0 bridgehead atoms. The van der Waals surface area contributed by atoms with E-state index in [1.807, 2.05) is 0 Å². The maximum atomic E-state index is 9.57. The summed E-state index contributed by atoms with van der Waals surface area (Å²) in [5.41, 5.74) is 1.63. The molecular formula is C9H12ClNO3. The molecule has 0 aromatic carbocycles. The Hall–Kier alpha value is -0.840. The van der Waals surface area contributed by atoms with Crippen molar-refractivity contribution in [2.75, 3.05) is 0 Å². The summed E-state index contributed by atoms with van der Waals surface area (Å²) >= 11 is 5.65. The van der Waals surface area contributed by atoms with Crippen LogP contribution in [0.2, 0.25) is 0 Å². The number of rotatable bonds is 3. The van der Waals surface area contributed by atoms with E-state index in [9.17, 15) is 5.11 Å². The molecule has 0 fully saturated rings. The Morgan fingerprint density at radius 2 is 1.86 bits per heavy atom. The van der Waals surface area contributed by atoms with Crippen molar-refractivity contribution >= 4 is 11.6 Å². The van der Waals surface area contributed by atoms with Crippen molar-refractivity contribution in [3.8, 4) is 5.75 Å². The largest absolute Gasteiger partial charge is 0.506 e. The van der Waals surface area contributed by atoms with Crippen LogP contribution < -0.4 is 0 Å². The number of aromatic nitrogens is 1. The lowest BCUT2D eigenvalue weighted by Crippen LogP contribution is -2.04. The second-order valence-electron chi connectivity index (χ2n) is 2.90. The summed E-state index contributed by atoms with van der Waals surface area (Å²) in [6.45, 7) is 1.03. The summed E-state index contributed by atoms with van der Waals surface area (Å²) in [5.74, 6) is 0.0486. The van der Waals surface area contributed by atoms with Gasteiger partial charge in [0.2, 0.25) is 0 Å². The van der Waals surface area contributed by atoms with Gasteiger partial charge in [0.05, 0.1) is 24.6 Å². The zero-order valence-corrected chi connectivity index (χ0v) is 8.54. The number of halogens is 1. The van der Waals surface area contributed by atoms with Crippen LogP contribution >= 0.6 is 11.6 Å². The summed E-state index contributed by atoms with van der Waals surface area (Å²) in [5, 5.41) is 27.6. The molecule has 1 aromatic rings. The van der Waals surface area contributed by atoms with E-state index in [1.165, 1.54) is 0 Å². The molecule has 0 aliphatic heterocycles. The number of hydrogen-bond donors (Lipinski definition) is 3. The van der Waals surface area contributed by atoms with Crippen molar-refractivity contribution < 1.29 is 15.3 Å². The van der Waals surface area contributed by atoms with Crippen molar-refractivity contribution in [2.24, 2.45) is 0 Å². The van der Waals surface area contributed by atoms with Gasteiger partial charge in [0, 0.05) is 17.0 Å². The van der Waals surface area contributed by atoms with Crippen LogP contribution in [0, 0.1) is 6.92 Å². The topological polar surface area (TPSA) is 73.6 Å². The van der Waals surface area contributed by atoms with Crippen LogP contribution in [0.5, 0.6) is 5.75 Å². The number of nitrogens with zero attached hydrogens (tertiary/aromatic N) is 1. The molecule has 0 aliphatic carbocycles. The van der Waals surface area contributed by atoms with Crippen LogP contribution in [0.3, 0.4) is 0 Å². The molecule has 0 saturated carbocycles. The zero-order chi connectivity index (χ0) is 10.7. The quantitative estimate of drug-likeness (QED) is 0.656. The fraction of sp³-hybridized carbons (Fsp3) is 0.444. The molecule has 1 heterocycles. The number of hydrogen-bond acceptors (Lipinski definition) is 4. The molecule has 0 amide bonds. The second-order valence-corrected chi connectivity index (χ2v) is 3.17. The molecule has 0 unspecified atom stereocenters. The molecule has 0 saturated heterocycles. The van der Waals surface area contributed by atoms with E-state index < -0.39 is 0 Å². The summed E-state index contributed by atoms with van der Waals surface area (Å²) in [6.07, 6.45) is 0. The minimum Gasteiger partial charge on any atom is -0.506 e. The fourth-order valence-corrected chi connectivity index (χ4v) is 1.63. The van der Waals surface area contributed by atoms with E-state index in [4.69, 9.17) is 21.8 Å². The van der Waals surface area contributed by atoms with Crippen LogP contribution in [-0.4, -0.2) is 20.3 Å². The first-order chi connectivity index (χ1) is 6.65. The lowest BCUT2D eigenvalue weighted by atomic mass is 10.1. The molecule has 14 heavy (non-hydrogen) atoms. The van der Waals surface area contributed by atoms with E-state index in [2.05, 4.69) is 4.98 Å². The molecule has 0 spiro atoms. The lowest BCUT2D eigenvalue weighted by Gasteiger charge is -2.12. The van der Waals surface area contributed by atoms with Crippen molar-refractivity contribution in [3.63, 3.8) is 0 Å². The molecule has 1 aromatic heterocycles. The maximum absolute atomic E-state index is 9.57. The van der Waals surface area contributed by atoms with Gasteiger partial charge in [-0.3, -0.25) is 4.98 Å². The van der Waals surface area contributed by atoms with Crippen LogP contribution in [0.25, 0.3) is 0 Å². The molecular weight excluding hydrogens is 206 g/mol. The minimum atomic E-state index is -0.315. The van der Waals surface area contributed by atoms with Gasteiger partial charge in [-0.1, -0.05) is 0 Å². The molecule has 78 valence electrons. The highest BCUT2D eigenvalue weighted by Crippen LogP contribution is 2.27. The van der Waals surface area contributed by atoms with Gasteiger partial charge in [-0.05, 0) is 6.92 Å². The van der Waals surface area contributed by atoms with E-state index in [0.717, 1.165) is 0 Å². The van der Waals surface area contributed by atoms with Gasteiger partial charge in [0.15, 0.2) is 0 Å². The molecule has 3 N–H and O–H groups in total. The molecule has 1 rings (SSSR count). The van der Waals surface area contributed by atoms with E-state index in [-0.39, 0.29) is 24.8 Å². The van der Waals surface area contributed by atoms with Gasteiger partial charge in [-0.15, -0.1) is 11.6 Å². The van der Waals surface area contributed by atoms with E-state index >= 15 is 0 Å². The van der Waals surface area contributed by atoms with Crippen molar-refractivity contribution in [2.45, 2.75) is 26.0 Å². The highest BCUT2D eigenvalue weighted by molar-refractivity contribution is 6.17. The number of alkyl halides is 1. The maximum Gasteiger partial charge on any atom is 0.142 e. The Kier molecular flexibility index (Phi) is 3.69. The summed E-state index contributed by atoms with van der Waals surface area (Å²) < 4.78 is 0. The molecule has 0 radical (unpaired) electrons. The van der Waals surface area contributed by atoms with Gasteiger partial charge in [-0.2, -0.15) is 0 Å². The third-order valence-corrected chi connectivity index (χ3v) is 2.35. The average Bonchev–Trinajstić information content (AvgIpc) is 2.20. The zero-order valence-electron chi connectivity index (χ0n) is 7.79. The first-order valence-corrected chi connectivity index (χ1v) is 4.67. The van der Waals surface area contributed by atoms with Crippen molar-refractivity contribution in [1.29, 1.82) is 0 Å². The lowest BCUT2D eigenvalue weighted by molar-refractivity contribution is 0.265. The Bertz CT molecular complexity index is 341. The minimum absolute atomic E-state index is 0.0552. The summed E-state index contributed by atoms with van der Waals surface area (Å²) in [6, 6.07) is 0. The highest BCUT2D eigenvalue weighted by Gasteiger charge is 2.15. The Balaban J connectivity index is 3.42. The third-order valence-electron chi connectivity index (χ3n) is 2.09. The molecule has 0 atom stereocenters. The first kappa shape index (κ1) is 11.2. The molecule has 4 nitrogen and oxygen atoms in total. The predicted molar refractivity (Wildman–Crippen MR) is 52.0 cm³/mol. The van der Waals surface area contributed by atoms with E-state index in [1.54, 1.807) is 6.92 Å². The fourth-order valence-electron chi connectivity index (χ4n) is 1.32. The Morgan fingerprint density at radius 1 is 1.21 bits per heavy atom. The summed E-state index contributed by atoms with van der Waals surface area (Å²) in [4.78, 5) is 3.98. The average molecular weight is 218 g/mol. The Labute approximate surface area is 86.8 Å². The number of aryl methyl sites for hydroxylation is 1. The van der Waals surface area contributed by atoms with Crippen LogP contribution in [0.4, 0.5) is 0 Å².